The summed E-state index contributed by atoms with van der Waals surface area (Å²) in [5, 5.41) is 3.47. The van der Waals surface area contributed by atoms with E-state index in [2.05, 4.69) is 17.4 Å². The zero-order valence-corrected chi connectivity index (χ0v) is 12.5. The fourth-order valence-electron chi connectivity index (χ4n) is 3.32. The minimum atomic E-state index is 0.0947. The molecule has 1 amide bonds. The van der Waals surface area contributed by atoms with Crippen LogP contribution in [0.15, 0.2) is 42.5 Å². The topological polar surface area (TPSA) is 45.2 Å². The van der Waals surface area contributed by atoms with E-state index in [1.807, 2.05) is 35.2 Å². The molecule has 2 aromatic rings. The van der Waals surface area contributed by atoms with Crippen molar-refractivity contribution in [3.05, 3.63) is 65.0 Å². The number of nitrogens with zero attached hydrogens (tertiary/aromatic N) is 2. The third-order valence-electron chi connectivity index (χ3n) is 4.49. The van der Waals surface area contributed by atoms with Crippen LogP contribution in [0.25, 0.3) is 0 Å². The zero-order valence-electron chi connectivity index (χ0n) is 12.5. The fraction of sp³-hybridized carbons (Fsp3) is 0.333. The van der Waals surface area contributed by atoms with Crippen LogP contribution in [0.5, 0.6) is 0 Å². The molecule has 1 atom stereocenters. The number of hydrogen-bond donors (Lipinski definition) is 1. The van der Waals surface area contributed by atoms with Gasteiger partial charge in [-0.3, -0.25) is 9.78 Å². The van der Waals surface area contributed by atoms with Gasteiger partial charge in [0, 0.05) is 12.6 Å². The van der Waals surface area contributed by atoms with Crippen LogP contribution in [0.2, 0.25) is 0 Å². The highest BCUT2D eigenvalue weighted by atomic mass is 16.2. The van der Waals surface area contributed by atoms with Crippen LogP contribution in [0.3, 0.4) is 0 Å². The number of pyridine rings is 1. The Kier molecular flexibility index (Phi) is 3.39. The van der Waals surface area contributed by atoms with E-state index in [4.69, 9.17) is 4.98 Å². The van der Waals surface area contributed by atoms with Gasteiger partial charge < -0.3 is 10.2 Å². The van der Waals surface area contributed by atoms with Gasteiger partial charge in [0.2, 0.25) is 0 Å². The largest absolute Gasteiger partial charge is 0.328 e. The number of amides is 1. The first-order valence-corrected chi connectivity index (χ1v) is 7.88. The lowest BCUT2D eigenvalue weighted by Crippen LogP contribution is -2.23. The molecule has 112 valence electrons. The molecule has 1 fully saturated rings. The van der Waals surface area contributed by atoms with Crippen molar-refractivity contribution >= 4 is 5.91 Å². The summed E-state index contributed by atoms with van der Waals surface area (Å²) in [7, 11) is 0. The molecule has 1 saturated heterocycles. The van der Waals surface area contributed by atoms with Crippen molar-refractivity contribution < 1.29 is 4.79 Å². The fourth-order valence-corrected chi connectivity index (χ4v) is 3.32. The summed E-state index contributed by atoms with van der Waals surface area (Å²) in [6, 6.07) is 14.4. The predicted octanol–water partition coefficient (Wildman–Crippen LogP) is 2.66. The predicted molar refractivity (Wildman–Crippen MR) is 84.2 cm³/mol. The molecule has 0 radical (unpaired) electrons. The number of aromatic nitrogens is 1. The number of carbonyl (C=O) groups excluding carboxylic acids is 1. The van der Waals surface area contributed by atoms with E-state index in [1.165, 1.54) is 6.42 Å². The second-order valence-corrected chi connectivity index (χ2v) is 6.03. The number of fused-ring (bicyclic) bond motifs is 1. The summed E-state index contributed by atoms with van der Waals surface area (Å²) in [5.41, 5.74) is 3.91. The van der Waals surface area contributed by atoms with E-state index in [9.17, 15) is 4.79 Å². The zero-order chi connectivity index (χ0) is 14.9. The molecule has 0 saturated carbocycles. The lowest BCUT2D eigenvalue weighted by molar-refractivity contribution is 0.0766. The van der Waals surface area contributed by atoms with Crippen LogP contribution >= 0.6 is 0 Å². The average molecular weight is 293 g/mol. The molecule has 0 bridgehead atoms. The van der Waals surface area contributed by atoms with Crippen molar-refractivity contribution in [3.63, 3.8) is 0 Å². The average Bonchev–Trinajstić information content (AvgIpc) is 3.18. The Hall–Kier alpha value is -2.20. The molecule has 3 heterocycles. The summed E-state index contributed by atoms with van der Waals surface area (Å²) in [5.74, 6) is 0.0947. The molecule has 4 heteroatoms. The van der Waals surface area contributed by atoms with Gasteiger partial charge in [-0.1, -0.05) is 30.3 Å². The van der Waals surface area contributed by atoms with Crippen molar-refractivity contribution in [2.45, 2.75) is 32.0 Å². The van der Waals surface area contributed by atoms with Gasteiger partial charge in [-0.05, 0) is 37.1 Å². The van der Waals surface area contributed by atoms with Gasteiger partial charge in [-0.25, -0.2) is 0 Å². The lowest BCUT2D eigenvalue weighted by atomic mass is 10.1. The highest BCUT2D eigenvalue weighted by Gasteiger charge is 2.29. The molecule has 1 aromatic heterocycles. The Bertz CT molecular complexity index is 693. The minimum Gasteiger partial charge on any atom is -0.328 e. The number of rotatable bonds is 3. The highest BCUT2D eigenvalue weighted by Crippen LogP contribution is 2.27. The maximum absolute atomic E-state index is 12.5. The first kappa shape index (κ1) is 13.5. The van der Waals surface area contributed by atoms with Gasteiger partial charge in [-0.15, -0.1) is 0 Å². The first-order valence-electron chi connectivity index (χ1n) is 7.88. The van der Waals surface area contributed by atoms with Gasteiger partial charge in [-0.2, -0.15) is 0 Å². The second-order valence-electron chi connectivity index (χ2n) is 6.03. The maximum Gasteiger partial charge on any atom is 0.256 e. The van der Waals surface area contributed by atoms with Crippen molar-refractivity contribution in [2.24, 2.45) is 0 Å². The van der Waals surface area contributed by atoms with E-state index in [-0.39, 0.29) is 5.91 Å². The van der Waals surface area contributed by atoms with Gasteiger partial charge in [0.25, 0.3) is 5.91 Å². The standard InChI is InChI=1S/C18H19N3O/c22-18-14-8-9-16(15-7-4-10-19-15)20-17(14)12-21(18)11-13-5-2-1-3-6-13/h1-3,5-6,8-9,15,19H,4,7,10-12H2/t15-/m1/s1. The van der Waals surface area contributed by atoms with Crippen molar-refractivity contribution in [1.29, 1.82) is 0 Å². The molecular formula is C18H19N3O. The monoisotopic (exact) mass is 293 g/mol. The smallest absolute Gasteiger partial charge is 0.256 e. The normalized spacial score (nSPS) is 20.5. The summed E-state index contributed by atoms with van der Waals surface area (Å²) in [4.78, 5) is 19.1. The first-order chi connectivity index (χ1) is 10.8. The molecule has 0 aliphatic carbocycles. The van der Waals surface area contributed by atoms with E-state index in [1.54, 1.807) is 0 Å². The van der Waals surface area contributed by atoms with Crippen molar-refractivity contribution in [1.82, 2.24) is 15.2 Å². The van der Waals surface area contributed by atoms with Crippen molar-refractivity contribution in [2.75, 3.05) is 6.54 Å². The number of hydrogen-bond acceptors (Lipinski definition) is 3. The Balaban J connectivity index is 1.55. The molecule has 4 rings (SSSR count). The molecule has 1 aromatic carbocycles. The Morgan fingerprint density at radius 2 is 2.05 bits per heavy atom. The second kappa shape index (κ2) is 5.54. The maximum atomic E-state index is 12.5. The molecule has 0 unspecified atom stereocenters. The van der Waals surface area contributed by atoms with Crippen LogP contribution < -0.4 is 5.32 Å². The number of carbonyl (C=O) groups is 1. The molecule has 4 nitrogen and oxygen atoms in total. The molecule has 2 aliphatic heterocycles. The van der Waals surface area contributed by atoms with Gasteiger partial charge in [0.05, 0.1) is 23.5 Å². The summed E-state index contributed by atoms with van der Waals surface area (Å²) in [6.07, 6.45) is 2.33. The van der Waals surface area contributed by atoms with Crippen LogP contribution in [0.1, 0.15) is 46.2 Å². The van der Waals surface area contributed by atoms with Crippen LogP contribution in [-0.4, -0.2) is 22.3 Å². The van der Waals surface area contributed by atoms with Gasteiger partial charge in [0.15, 0.2) is 0 Å². The molecule has 0 spiro atoms. The third kappa shape index (κ3) is 2.40. The van der Waals surface area contributed by atoms with E-state index in [0.717, 1.165) is 35.5 Å². The number of benzene rings is 1. The third-order valence-corrected chi connectivity index (χ3v) is 4.49. The Morgan fingerprint density at radius 3 is 2.82 bits per heavy atom. The summed E-state index contributed by atoms with van der Waals surface area (Å²) < 4.78 is 0. The number of nitrogens with one attached hydrogen (secondary N) is 1. The highest BCUT2D eigenvalue weighted by molar-refractivity contribution is 5.97. The quantitative estimate of drug-likeness (QED) is 0.946. The summed E-state index contributed by atoms with van der Waals surface area (Å²) >= 11 is 0. The molecule has 22 heavy (non-hydrogen) atoms. The molecule has 1 N–H and O–H groups in total. The lowest BCUT2D eigenvalue weighted by Gasteiger charge is -2.15. The van der Waals surface area contributed by atoms with E-state index >= 15 is 0 Å². The van der Waals surface area contributed by atoms with Crippen LogP contribution in [0, 0.1) is 0 Å². The van der Waals surface area contributed by atoms with Crippen LogP contribution in [-0.2, 0) is 13.1 Å². The molecular weight excluding hydrogens is 274 g/mol. The molecule has 2 aliphatic rings. The van der Waals surface area contributed by atoms with Gasteiger partial charge in [0.1, 0.15) is 0 Å². The Labute approximate surface area is 130 Å². The Morgan fingerprint density at radius 1 is 1.18 bits per heavy atom. The van der Waals surface area contributed by atoms with Crippen LogP contribution in [0.4, 0.5) is 0 Å². The van der Waals surface area contributed by atoms with Gasteiger partial charge >= 0.3 is 0 Å². The van der Waals surface area contributed by atoms with E-state index < -0.39 is 0 Å². The van der Waals surface area contributed by atoms with Crippen molar-refractivity contribution in [3.8, 4) is 0 Å². The minimum absolute atomic E-state index is 0.0947. The van der Waals surface area contributed by atoms with E-state index in [0.29, 0.717) is 19.1 Å². The SMILES string of the molecule is O=C1c2ccc([C@H]3CCCN3)nc2CN1Cc1ccccc1. The summed E-state index contributed by atoms with van der Waals surface area (Å²) in [6.45, 7) is 2.32.